The highest BCUT2D eigenvalue weighted by Gasteiger charge is 2.44. The molecule has 1 unspecified atom stereocenters. The van der Waals surface area contributed by atoms with Crippen molar-refractivity contribution in [1.82, 2.24) is 5.32 Å². The summed E-state index contributed by atoms with van der Waals surface area (Å²) in [6, 6.07) is 7.38. The lowest BCUT2D eigenvalue weighted by atomic mass is 9.72. The fourth-order valence-corrected chi connectivity index (χ4v) is 3.09. The molecule has 0 spiro atoms. The Morgan fingerprint density at radius 3 is 2.63 bits per heavy atom. The largest absolute Gasteiger partial charge is 0.387 e. The maximum atomic E-state index is 12.2. The number of aryl methyl sites for hydroxylation is 1. The molecule has 0 aromatic heterocycles. The van der Waals surface area contributed by atoms with Gasteiger partial charge in [0.1, 0.15) is 0 Å². The van der Waals surface area contributed by atoms with Crippen LogP contribution < -0.4 is 10.6 Å². The summed E-state index contributed by atoms with van der Waals surface area (Å²) in [6.45, 7) is 8.72. The lowest BCUT2D eigenvalue weighted by Gasteiger charge is -2.44. The van der Waals surface area contributed by atoms with E-state index in [1.165, 1.54) is 6.08 Å². The number of carbonyl (C=O) groups excluding carboxylic acids is 2. The number of hydrogen-bond acceptors (Lipinski definition) is 4. The zero-order chi connectivity index (χ0) is 19.9. The zero-order valence-electron chi connectivity index (χ0n) is 16.2. The fraction of sp³-hybridized carbons (Fsp3) is 0.524. The number of hydrogen-bond donors (Lipinski definition) is 3. The van der Waals surface area contributed by atoms with Crippen molar-refractivity contribution >= 4 is 17.5 Å². The number of anilines is 1. The van der Waals surface area contributed by atoms with Crippen molar-refractivity contribution in [2.24, 2.45) is 5.41 Å². The molecule has 1 saturated heterocycles. The molecule has 27 heavy (non-hydrogen) atoms. The van der Waals surface area contributed by atoms with Crippen LogP contribution in [0.1, 0.15) is 38.7 Å². The molecule has 0 saturated carbocycles. The molecule has 1 aromatic carbocycles. The van der Waals surface area contributed by atoms with Gasteiger partial charge < -0.3 is 20.5 Å². The first-order chi connectivity index (χ1) is 12.8. The molecule has 148 valence electrons. The molecule has 1 fully saturated rings. The standard InChI is InChI=1S/C21H30N2O4/c1-4-18(24)23-17-9-6-16(7-10-17)8-11-19(25)22-14-20(2,3)21(26)12-5-13-27-15-21/h4,6-7,9-10,26H,1,5,8,11-15H2,2-3H3,(H,22,25)(H,23,24). The predicted molar refractivity (Wildman–Crippen MR) is 105 cm³/mol. The Balaban J connectivity index is 1.78. The average molecular weight is 374 g/mol. The first kappa shape index (κ1) is 21.1. The van der Waals surface area contributed by atoms with Crippen LogP contribution in [-0.4, -0.2) is 42.3 Å². The smallest absolute Gasteiger partial charge is 0.247 e. The Morgan fingerprint density at radius 1 is 1.33 bits per heavy atom. The number of benzene rings is 1. The van der Waals surface area contributed by atoms with Gasteiger partial charge in [-0.15, -0.1) is 0 Å². The van der Waals surface area contributed by atoms with Crippen LogP contribution >= 0.6 is 0 Å². The van der Waals surface area contributed by atoms with Crippen LogP contribution in [0.25, 0.3) is 0 Å². The summed E-state index contributed by atoms with van der Waals surface area (Å²) < 4.78 is 5.43. The normalized spacial score (nSPS) is 20.0. The summed E-state index contributed by atoms with van der Waals surface area (Å²) in [5, 5.41) is 16.4. The molecule has 1 heterocycles. The predicted octanol–water partition coefficient (Wildman–Crippen LogP) is 2.43. The van der Waals surface area contributed by atoms with E-state index in [1.807, 2.05) is 26.0 Å². The molecule has 1 aliphatic rings. The summed E-state index contributed by atoms with van der Waals surface area (Å²) in [4.78, 5) is 23.5. The molecule has 1 aromatic rings. The molecule has 2 amide bonds. The Kier molecular flexibility index (Phi) is 7.16. The minimum absolute atomic E-state index is 0.0487. The molecule has 0 radical (unpaired) electrons. The van der Waals surface area contributed by atoms with Crippen LogP contribution in [0.2, 0.25) is 0 Å². The molecule has 0 aliphatic carbocycles. The van der Waals surface area contributed by atoms with Crippen molar-refractivity contribution in [2.45, 2.75) is 45.1 Å². The lowest BCUT2D eigenvalue weighted by Crippen LogP contribution is -2.55. The Bertz CT molecular complexity index is 661. The van der Waals surface area contributed by atoms with E-state index in [-0.39, 0.29) is 11.8 Å². The van der Waals surface area contributed by atoms with Gasteiger partial charge in [0.05, 0.1) is 12.2 Å². The van der Waals surface area contributed by atoms with Crippen LogP contribution in [0.3, 0.4) is 0 Å². The Labute approximate surface area is 161 Å². The van der Waals surface area contributed by atoms with Gasteiger partial charge in [-0.2, -0.15) is 0 Å². The molecule has 3 N–H and O–H groups in total. The Morgan fingerprint density at radius 2 is 2.04 bits per heavy atom. The Hall–Kier alpha value is -2.18. The van der Waals surface area contributed by atoms with E-state index >= 15 is 0 Å². The van der Waals surface area contributed by atoms with E-state index < -0.39 is 11.0 Å². The SMILES string of the molecule is C=CC(=O)Nc1ccc(CCC(=O)NCC(C)(C)C2(O)CCCOC2)cc1. The number of carbonyl (C=O) groups is 2. The second-order valence-electron chi connectivity index (χ2n) is 7.74. The monoisotopic (exact) mass is 374 g/mol. The number of rotatable bonds is 8. The first-order valence-electron chi connectivity index (χ1n) is 9.35. The van der Waals surface area contributed by atoms with Gasteiger partial charge in [-0.05, 0) is 43.0 Å². The number of ether oxygens (including phenoxy) is 1. The van der Waals surface area contributed by atoms with Crippen LogP contribution in [0.15, 0.2) is 36.9 Å². The van der Waals surface area contributed by atoms with Crippen molar-refractivity contribution in [3.8, 4) is 0 Å². The van der Waals surface area contributed by atoms with Crippen LogP contribution in [0.4, 0.5) is 5.69 Å². The van der Waals surface area contributed by atoms with Gasteiger partial charge in [0.15, 0.2) is 0 Å². The van der Waals surface area contributed by atoms with E-state index in [0.717, 1.165) is 12.0 Å². The molecule has 6 heteroatoms. The highest BCUT2D eigenvalue weighted by atomic mass is 16.5. The van der Waals surface area contributed by atoms with Crippen molar-refractivity contribution < 1.29 is 19.4 Å². The lowest BCUT2D eigenvalue weighted by molar-refractivity contribution is -0.151. The topological polar surface area (TPSA) is 87.7 Å². The van der Waals surface area contributed by atoms with E-state index in [4.69, 9.17) is 4.74 Å². The van der Waals surface area contributed by atoms with Crippen LogP contribution in [-0.2, 0) is 20.7 Å². The van der Waals surface area contributed by atoms with Crippen LogP contribution in [0.5, 0.6) is 0 Å². The van der Waals surface area contributed by atoms with Gasteiger partial charge >= 0.3 is 0 Å². The van der Waals surface area contributed by atoms with Crippen molar-refractivity contribution in [3.05, 3.63) is 42.5 Å². The number of aliphatic hydroxyl groups is 1. The highest BCUT2D eigenvalue weighted by molar-refractivity contribution is 5.98. The molecule has 2 rings (SSSR count). The number of nitrogens with one attached hydrogen (secondary N) is 2. The number of amides is 2. The maximum Gasteiger partial charge on any atom is 0.247 e. The van der Waals surface area contributed by atoms with Gasteiger partial charge in [0.2, 0.25) is 11.8 Å². The van der Waals surface area contributed by atoms with Crippen LogP contribution in [0, 0.1) is 5.41 Å². The van der Waals surface area contributed by atoms with E-state index in [0.29, 0.717) is 44.7 Å². The van der Waals surface area contributed by atoms with Gasteiger partial charge in [-0.3, -0.25) is 9.59 Å². The second kappa shape index (κ2) is 9.15. The summed E-state index contributed by atoms with van der Waals surface area (Å²) >= 11 is 0. The molecular formula is C21H30N2O4. The molecule has 1 aliphatic heterocycles. The first-order valence-corrected chi connectivity index (χ1v) is 9.35. The second-order valence-corrected chi connectivity index (χ2v) is 7.74. The van der Waals surface area contributed by atoms with Crippen molar-refractivity contribution in [1.29, 1.82) is 0 Å². The summed E-state index contributed by atoms with van der Waals surface area (Å²) in [6.07, 6.45) is 3.70. The summed E-state index contributed by atoms with van der Waals surface area (Å²) in [5.74, 6) is -0.304. The molecule has 6 nitrogen and oxygen atoms in total. The summed E-state index contributed by atoms with van der Waals surface area (Å²) in [7, 11) is 0. The van der Waals surface area contributed by atoms with E-state index in [2.05, 4.69) is 17.2 Å². The highest BCUT2D eigenvalue weighted by Crippen LogP contribution is 2.36. The van der Waals surface area contributed by atoms with Gasteiger partial charge in [-0.1, -0.05) is 32.6 Å². The fourth-order valence-electron chi connectivity index (χ4n) is 3.09. The van der Waals surface area contributed by atoms with Gasteiger partial charge in [0, 0.05) is 30.7 Å². The third-order valence-electron chi connectivity index (χ3n) is 5.25. The average Bonchev–Trinajstić information content (AvgIpc) is 2.66. The van der Waals surface area contributed by atoms with Crippen molar-refractivity contribution in [3.63, 3.8) is 0 Å². The third-order valence-corrected chi connectivity index (χ3v) is 5.25. The molecular weight excluding hydrogens is 344 g/mol. The van der Waals surface area contributed by atoms with Gasteiger partial charge in [0.25, 0.3) is 0 Å². The van der Waals surface area contributed by atoms with E-state index in [1.54, 1.807) is 12.1 Å². The van der Waals surface area contributed by atoms with Gasteiger partial charge in [-0.25, -0.2) is 0 Å². The summed E-state index contributed by atoms with van der Waals surface area (Å²) in [5.41, 5.74) is 0.330. The maximum absolute atomic E-state index is 12.2. The van der Waals surface area contributed by atoms with E-state index in [9.17, 15) is 14.7 Å². The zero-order valence-corrected chi connectivity index (χ0v) is 16.2. The minimum atomic E-state index is -0.912. The minimum Gasteiger partial charge on any atom is -0.387 e. The quantitative estimate of drug-likeness (QED) is 0.610. The van der Waals surface area contributed by atoms with Crippen molar-refractivity contribution in [2.75, 3.05) is 25.1 Å². The molecule has 0 bridgehead atoms. The third kappa shape index (κ3) is 5.91. The molecule has 1 atom stereocenters.